The van der Waals surface area contributed by atoms with E-state index in [1.54, 1.807) is 0 Å². The van der Waals surface area contributed by atoms with Crippen molar-refractivity contribution in [2.75, 3.05) is 20.1 Å². The van der Waals surface area contributed by atoms with Crippen LogP contribution in [0.15, 0.2) is 21.2 Å². The van der Waals surface area contributed by atoms with E-state index in [2.05, 4.69) is 60.2 Å². The van der Waals surface area contributed by atoms with Crippen LogP contribution >= 0.6 is 31.9 Å². The number of halogens is 2. The van der Waals surface area contributed by atoms with Gasteiger partial charge in [0.25, 0.3) is 0 Å². The molecule has 0 saturated carbocycles. The number of pyridine rings is 1. The minimum Gasteiger partial charge on any atom is -0.317 e. The molecule has 1 atom stereocenters. The topological polar surface area (TPSA) is 28.2 Å². The van der Waals surface area contributed by atoms with Gasteiger partial charge in [-0.05, 0) is 77.3 Å². The molecule has 1 fully saturated rings. The molecule has 0 bridgehead atoms. The second-order valence-corrected chi connectivity index (χ2v) is 6.60. The highest BCUT2D eigenvalue weighted by atomic mass is 79.9. The fourth-order valence-electron chi connectivity index (χ4n) is 2.37. The first-order valence-electron chi connectivity index (χ1n) is 6.37. The highest BCUT2D eigenvalue weighted by Crippen LogP contribution is 2.22. The zero-order valence-corrected chi connectivity index (χ0v) is 13.8. The Balaban J connectivity index is 1.98. The fraction of sp³-hybridized carbons (Fsp3) is 0.615. The van der Waals surface area contributed by atoms with E-state index < -0.39 is 0 Å². The summed E-state index contributed by atoms with van der Waals surface area (Å²) in [5, 5.41) is 3.46. The highest BCUT2D eigenvalue weighted by Gasteiger charge is 2.18. The van der Waals surface area contributed by atoms with Crippen molar-refractivity contribution in [1.82, 2.24) is 15.2 Å². The van der Waals surface area contributed by atoms with Gasteiger partial charge in [-0.3, -0.25) is 9.88 Å². The van der Waals surface area contributed by atoms with E-state index in [0.717, 1.165) is 34.3 Å². The van der Waals surface area contributed by atoms with Crippen LogP contribution in [0.1, 0.15) is 25.0 Å². The minimum atomic E-state index is 0.664. The van der Waals surface area contributed by atoms with Crippen molar-refractivity contribution >= 4 is 31.9 Å². The molecular formula is C13H19Br2N3. The lowest BCUT2D eigenvalue weighted by atomic mass is 10.1. The summed E-state index contributed by atoms with van der Waals surface area (Å²) >= 11 is 7.02. The number of hydrogen-bond acceptors (Lipinski definition) is 3. The summed E-state index contributed by atoms with van der Waals surface area (Å²) in [4.78, 5) is 6.91. The van der Waals surface area contributed by atoms with Crippen LogP contribution in [0.25, 0.3) is 0 Å². The highest BCUT2D eigenvalue weighted by molar-refractivity contribution is 9.11. The molecule has 2 heterocycles. The normalized spacial score (nSPS) is 21.0. The van der Waals surface area contributed by atoms with Crippen LogP contribution in [0, 0.1) is 0 Å². The first-order valence-corrected chi connectivity index (χ1v) is 7.96. The van der Waals surface area contributed by atoms with Gasteiger partial charge < -0.3 is 5.32 Å². The fourth-order valence-corrected chi connectivity index (χ4v) is 3.48. The van der Waals surface area contributed by atoms with Gasteiger partial charge in [0.2, 0.25) is 0 Å². The predicted molar refractivity (Wildman–Crippen MR) is 81.6 cm³/mol. The number of nitrogens with zero attached hydrogens (tertiary/aromatic N) is 2. The van der Waals surface area contributed by atoms with Gasteiger partial charge in [-0.15, -0.1) is 0 Å². The van der Waals surface area contributed by atoms with E-state index in [4.69, 9.17) is 0 Å². The summed E-state index contributed by atoms with van der Waals surface area (Å²) in [7, 11) is 2.20. The van der Waals surface area contributed by atoms with Crippen molar-refractivity contribution in [1.29, 1.82) is 0 Å². The summed E-state index contributed by atoms with van der Waals surface area (Å²) in [5.41, 5.74) is 1.11. The molecule has 0 amide bonds. The molecule has 1 aromatic rings. The van der Waals surface area contributed by atoms with Crippen LogP contribution in [0.3, 0.4) is 0 Å². The van der Waals surface area contributed by atoms with Gasteiger partial charge in [0, 0.05) is 27.7 Å². The SMILES string of the molecule is CN(Cc1ncc(Br)cc1Br)C1CCCNCC1. The second kappa shape index (κ2) is 6.98. The van der Waals surface area contributed by atoms with E-state index >= 15 is 0 Å². The van der Waals surface area contributed by atoms with Gasteiger partial charge in [-0.1, -0.05) is 0 Å². The molecule has 18 heavy (non-hydrogen) atoms. The first kappa shape index (κ1) is 14.4. The van der Waals surface area contributed by atoms with Crippen LogP contribution in [0.4, 0.5) is 0 Å². The Morgan fingerprint density at radius 1 is 1.39 bits per heavy atom. The van der Waals surface area contributed by atoms with E-state index in [0.29, 0.717) is 6.04 Å². The Hall–Kier alpha value is 0.0300. The monoisotopic (exact) mass is 375 g/mol. The smallest absolute Gasteiger partial charge is 0.0686 e. The van der Waals surface area contributed by atoms with Gasteiger partial charge in [-0.2, -0.15) is 0 Å². The average Bonchev–Trinajstić information content (AvgIpc) is 2.61. The molecule has 1 saturated heterocycles. The van der Waals surface area contributed by atoms with Crippen molar-refractivity contribution < 1.29 is 0 Å². The summed E-state index contributed by atoms with van der Waals surface area (Å²) in [6.45, 7) is 3.19. The third kappa shape index (κ3) is 4.02. The van der Waals surface area contributed by atoms with Crippen molar-refractivity contribution in [3.8, 4) is 0 Å². The molecule has 1 aliphatic rings. The van der Waals surface area contributed by atoms with Gasteiger partial charge in [0.15, 0.2) is 0 Å². The largest absolute Gasteiger partial charge is 0.317 e. The van der Waals surface area contributed by atoms with Gasteiger partial charge >= 0.3 is 0 Å². The number of nitrogens with one attached hydrogen (secondary N) is 1. The van der Waals surface area contributed by atoms with Crippen molar-refractivity contribution in [3.05, 3.63) is 26.9 Å². The number of rotatable bonds is 3. The Morgan fingerprint density at radius 3 is 3.00 bits per heavy atom. The van der Waals surface area contributed by atoms with E-state index in [1.807, 2.05) is 6.20 Å². The minimum absolute atomic E-state index is 0.664. The van der Waals surface area contributed by atoms with Crippen molar-refractivity contribution in [2.24, 2.45) is 0 Å². The van der Waals surface area contributed by atoms with Crippen molar-refractivity contribution in [3.63, 3.8) is 0 Å². The zero-order valence-electron chi connectivity index (χ0n) is 10.6. The summed E-state index contributed by atoms with van der Waals surface area (Å²) in [5.74, 6) is 0. The van der Waals surface area contributed by atoms with E-state index in [-0.39, 0.29) is 0 Å². The molecule has 1 N–H and O–H groups in total. The average molecular weight is 377 g/mol. The van der Waals surface area contributed by atoms with E-state index in [1.165, 1.54) is 19.3 Å². The Labute approximate surface area is 126 Å². The number of hydrogen-bond donors (Lipinski definition) is 1. The molecule has 1 unspecified atom stereocenters. The molecule has 1 aromatic heterocycles. The predicted octanol–water partition coefficient (Wildman–Crippen LogP) is 3.18. The van der Waals surface area contributed by atoms with Gasteiger partial charge in [0.1, 0.15) is 0 Å². The Morgan fingerprint density at radius 2 is 2.22 bits per heavy atom. The van der Waals surface area contributed by atoms with Crippen LogP contribution in [0.5, 0.6) is 0 Å². The van der Waals surface area contributed by atoms with Crippen LogP contribution in [0.2, 0.25) is 0 Å². The Kier molecular flexibility index (Phi) is 5.60. The molecule has 1 aliphatic heterocycles. The summed E-state index contributed by atoms with van der Waals surface area (Å²) in [6, 6.07) is 2.72. The van der Waals surface area contributed by atoms with Gasteiger partial charge in [0.05, 0.1) is 5.69 Å². The third-order valence-electron chi connectivity index (χ3n) is 3.45. The quantitative estimate of drug-likeness (QED) is 0.877. The maximum absolute atomic E-state index is 4.49. The third-order valence-corrected chi connectivity index (χ3v) is 4.57. The maximum Gasteiger partial charge on any atom is 0.0686 e. The molecule has 2 rings (SSSR count). The molecule has 5 heteroatoms. The second-order valence-electron chi connectivity index (χ2n) is 4.83. The van der Waals surface area contributed by atoms with Crippen LogP contribution in [-0.2, 0) is 6.54 Å². The van der Waals surface area contributed by atoms with Gasteiger partial charge in [-0.25, -0.2) is 0 Å². The standard InChI is InChI=1S/C13H19Br2N3/c1-18(11-3-2-5-16-6-4-11)9-13-12(15)7-10(14)8-17-13/h7-8,11,16H,2-6,9H2,1H3. The molecule has 3 nitrogen and oxygen atoms in total. The lowest BCUT2D eigenvalue weighted by Gasteiger charge is -2.26. The van der Waals surface area contributed by atoms with Crippen LogP contribution in [-0.4, -0.2) is 36.1 Å². The molecular weight excluding hydrogens is 358 g/mol. The zero-order chi connectivity index (χ0) is 13.0. The molecule has 0 aliphatic carbocycles. The molecule has 0 aromatic carbocycles. The van der Waals surface area contributed by atoms with E-state index in [9.17, 15) is 0 Å². The molecule has 0 radical (unpaired) electrons. The lowest BCUT2D eigenvalue weighted by Crippen LogP contribution is -2.32. The lowest BCUT2D eigenvalue weighted by molar-refractivity contribution is 0.214. The Bertz CT molecular complexity index is 390. The molecule has 0 spiro atoms. The van der Waals surface area contributed by atoms with Crippen molar-refractivity contribution in [2.45, 2.75) is 31.8 Å². The first-order chi connectivity index (χ1) is 8.66. The molecule has 100 valence electrons. The summed E-state index contributed by atoms with van der Waals surface area (Å²) in [6.07, 6.45) is 5.63. The maximum atomic E-state index is 4.49. The van der Waals surface area contributed by atoms with Crippen LogP contribution < -0.4 is 5.32 Å². The summed E-state index contributed by atoms with van der Waals surface area (Å²) < 4.78 is 2.09. The number of aromatic nitrogens is 1.